The zero-order valence-corrected chi connectivity index (χ0v) is 10.2. The van der Waals surface area contributed by atoms with Crippen molar-refractivity contribution in [3.63, 3.8) is 0 Å². The number of hydrogen-bond acceptors (Lipinski definition) is 2. The van der Waals surface area contributed by atoms with Crippen LogP contribution in [-0.2, 0) is 6.42 Å². The standard InChI is InChI=1S/C14H22N2/c1-15-14(8-6-12-4-5-12)9-7-13-3-2-10-16-11-13/h2-3,10-12,14-15H,4-9H2,1H3. The van der Waals surface area contributed by atoms with Gasteiger partial charge >= 0.3 is 0 Å². The van der Waals surface area contributed by atoms with Crippen LogP contribution in [0.3, 0.4) is 0 Å². The summed E-state index contributed by atoms with van der Waals surface area (Å²) in [4.78, 5) is 4.15. The molecule has 1 heterocycles. The van der Waals surface area contributed by atoms with Gasteiger partial charge in [-0.05, 0) is 50.3 Å². The van der Waals surface area contributed by atoms with E-state index in [0.29, 0.717) is 6.04 Å². The van der Waals surface area contributed by atoms with Crippen molar-refractivity contribution in [1.29, 1.82) is 0 Å². The van der Waals surface area contributed by atoms with E-state index in [4.69, 9.17) is 0 Å². The van der Waals surface area contributed by atoms with E-state index in [0.717, 1.165) is 12.3 Å². The topological polar surface area (TPSA) is 24.9 Å². The lowest BCUT2D eigenvalue weighted by Gasteiger charge is -2.15. The van der Waals surface area contributed by atoms with Gasteiger partial charge in [0, 0.05) is 18.4 Å². The molecule has 1 fully saturated rings. The third kappa shape index (κ3) is 3.93. The summed E-state index contributed by atoms with van der Waals surface area (Å²) < 4.78 is 0. The molecule has 0 amide bonds. The van der Waals surface area contributed by atoms with E-state index in [1.165, 1.54) is 37.7 Å². The van der Waals surface area contributed by atoms with Gasteiger partial charge in [-0.1, -0.05) is 18.9 Å². The second-order valence-corrected chi connectivity index (χ2v) is 4.91. The molecule has 1 aromatic heterocycles. The number of rotatable bonds is 7. The van der Waals surface area contributed by atoms with Gasteiger partial charge in [0.05, 0.1) is 0 Å². The lowest BCUT2D eigenvalue weighted by atomic mass is 10.0. The molecule has 2 rings (SSSR count). The molecule has 0 bridgehead atoms. The van der Waals surface area contributed by atoms with Crippen molar-refractivity contribution in [2.45, 2.75) is 44.6 Å². The summed E-state index contributed by atoms with van der Waals surface area (Å²) in [5.41, 5.74) is 1.36. The maximum Gasteiger partial charge on any atom is 0.0299 e. The first-order valence-electron chi connectivity index (χ1n) is 6.44. The van der Waals surface area contributed by atoms with Crippen LogP contribution in [0.15, 0.2) is 24.5 Å². The van der Waals surface area contributed by atoms with Gasteiger partial charge in [0.25, 0.3) is 0 Å². The monoisotopic (exact) mass is 218 g/mol. The summed E-state index contributed by atoms with van der Waals surface area (Å²) in [6.07, 6.45) is 11.9. The second kappa shape index (κ2) is 6.00. The van der Waals surface area contributed by atoms with E-state index >= 15 is 0 Å². The average molecular weight is 218 g/mol. The molecule has 0 aromatic carbocycles. The fraction of sp³-hybridized carbons (Fsp3) is 0.643. The minimum atomic E-state index is 0.681. The summed E-state index contributed by atoms with van der Waals surface area (Å²) in [5, 5.41) is 3.44. The van der Waals surface area contributed by atoms with Gasteiger partial charge in [0.15, 0.2) is 0 Å². The van der Waals surface area contributed by atoms with Crippen LogP contribution in [-0.4, -0.2) is 18.1 Å². The van der Waals surface area contributed by atoms with Crippen LogP contribution in [0, 0.1) is 5.92 Å². The Balaban J connectivity index is 1.69. The van der Waals surface area contributed by atoms with Crippen molar-refractivity contribution in [2.24, 2.45) is 5.92 Å². The number of aromatic nitrogens is 1. The molecule has 1 aromatic rings. The molecule has 0 radical (unpaired) electrons. The molecule has 16 heavy (non-hydrogen) atoms. The molecule has 0 saturated heterocycles. The van der Waals surface area contributed by atoms with Crippen LogP contribution in [0.25, 0.3) is 0 Å². The molecular weight excluding hydrogens is 196 g/mol. The predicted octanol–water partition coefficient (Wildman–Crippen LogP) is 2.79. The highest BCUT2D eigenvalue weighted by Gasteiger charge is 2.21. The Bertz CT molecular complexity index is 293. The molecule has 88 valence electrons. The molecule has 1 N–H and O–H groups in total. The molecule has 1 aliphatic carbocycles. The van der Waals surface area contributed by atoms with Gasteiger partial charge < -0.3 is 5.32 Å². The largest absolute Gasteiger partial charge is 0.317 e. The van der Waals surface area contributed by atoms with Gasteiger partial charge in [0.2, 0.25) is 0 Å². The Labute approximate surface area is 98.5 Å². The normalized spacial score (nSPS) is 17.3. The highest BCUT2D eigenvalue weighted by molar-refractivity contribution is 5.08. The van der Waals surface area contributed by atoms with E-state index in [-0.39, 0.29) is 0 Å². The number of hydrogen-bond donors (Lipinski definition) is 1. The van der Waals surface area contributed by atoms with Crippen LogP contribution in [0.4, 0.5) is 0 Å². The minimum Gasteiger partial charge on any atom is -0.317 e. The second-order valence-electron chi connectivity index (χ2n) is 4.91. The van der Waals surface area contributed by atoms with Crippen LogP contribution >= 0.6 is 0 Å². The summed E-state index contributed by atoms with van der Waals surface area (Å²) in [6.45, 7) is 0. The zero-order valence-electron chi connectivity index (χ0n) is 10.2. The molecule has 1 saturated carbocycles. The number of nitrogens with one attached hydrogen (secondary N) is 1. The Morgan fingerprint density at radius 2 is 2.31 bits per heavy atom. The van der Waals surface area contributed by atoms with Gasteiger partial charge in [0.1, 0.15) is 0 Å². The van der Waals surface area contributed by atoms with E-state index in [2.05, 4.69) is 23.4 Å². The van der Waals surface area contributed by atoms with Crippen molar-refractivity contribution < 1.29 is 0 Å². The van der Waals surface area contributed by atoms with Crippen LogP contribution in [0.2, 0.25) is 0 Å². The summed E-state index contributed by atoms with van der Waals surface area (Å²) >= 11 is 0. The Morgan fingerprint density at radius 1 is 1.44 bits per heavy atom. The lowest BCUT2D eigenvalue weighted by Crippen LogP contribution is -2.25. The molecule has 2 heteroatoms. The number of nitrogens with zero attached hydrogens (tertiary/aromatic N) is 1. The molecule has 1 aliphatic rings. The maximum atomic E-state index is 4.15. The quantitative estimate of drug-likeness (QED) is 0.761. The molecule has 1 atom stereocenters. The molecule has 0 spiro atoms. The first-order chi connectivity index (χ1) is 7.88. The van der Waals surface area contributed by atoms with Crippen molar-refractivity contribution in [3.05, 3.63) is 30.1 Å². The third-order valence-electron chi connectivity index (χ3n) is 3.53. The Kier molecular flexibility index (Phi) is 4.34. The van der Waals surface area contributed by atoms with Crippen molar-refractivity contribution in [2.75, 3.05) is 7.05 Å². The van der Waals surface area contributed by atoms with E-state index in [1.807, 2.05) is 18.5 Å². The Morgan fingerprint density at radius 3 is 2.94 bits per heavy atom. The van der Waals surface area contributed by atoms with Crippen molar-refractivity contribution in [3.8, 4) is 0 Å². The third-order valence-corrected chi connectivity index (χ3v) is 3.53. The minimum absolute atomic E-state index is 0.681. The van der Waals surface area contributed by atoms with Crippen LogP contribution in [0.1, 0.15) is 37.7 Å². The number of pyridine rings is 1. The van der Waals surface area contributed by atoms with Gasteiger partial charge in [-0.15, -0.1) is 0 Å². The van der Waals surface area contributed by atoms with Crippen LogP contribution in [0.5, 0.6) is 0 Å². The molecular formula is C14H22N2. The van der Waals surface area contributed by atoms with Gasteiger partial charge in [-0.2, -0.15) is 0 Å². The zero-order chi connectivity index (χ0) is 11.2. The first kappa shape index (κ1) is 11.6. The fourth-order valence-corrected chi connectivity index (χ4v) is 2.16. The van der Waals surface area contributed by atoms with E-state index in [9.17, 15) is 0 Å². The molecule has 2 nitrogen and oxygen atoms in total. The predicted molar refractivity (Wildman–Crippen MR) is 67.4 cm³/mol. The van der Waals surface area contributed by atoms with E-state index in [1.54, 1.807) is 0 Å². The summed E-state index contributed by atoms with van der Waals surface area (Å²) in [7, 11) is 2.08. The maximum absolute atomic E-state index is 4.15. The van der Waals surface area contributed by atoms with Gasteiger partial charge in [-0.25, -0.2) is 0 Å². The fourth-order valence-electron chi connectivity index (χ4n) is 2.16. The summed E-state index contributed by atoms with van der Waals surface area (Å²) in [5.74, 6) is 1.05. The smallest absolute Gasteiger partial charge is 0.0299 e. The van der Waals surface area contributed by atoms with E-state index < -0.39 is 0 Å². The van der Waals surface area contributed by atoms with Crippen molar-refractivity contribution in [1.82, 2.24) is 10.3 Å². The Hall–Kier alpha value is -0.890. The average Bonchev–Trinajstić information content (AvgIpc) is 3.15. The summed E-state index contributed by atoms with van der Waals surface area (Å²) in [6, 6.07) is 4.87. The lowest BCUT2D eigenvalue weighted by molar-refractivity contribution is 0.460. The molecule has 1 unspecified atom stereocenters. The van der Waals surface area contributed by atoms with Crippen LogP contribution < -0.4 is 5.32 Å². The first-order valence-corrected chi connectivity index (χ1v) is 6.44. The molecule has 0 aliphatic heterocycles. The SMILES string of the molecule is CNC(CCc1cccnc1)CCC1CC1. The highest BCUT2D eigenvalue weighted by atomic mass is 14.9. The number of aryl methyl sites for hydroxylation is 1. The van der Waals surface area contributed by atoms with Gasteiger partial charge in [-0.3, -0.25) is 4.98 Å². The highest BCUT2D eigenvalue weighted by Crippen LogP contribution is 2.34. The van der Waals surface area contributed by atoms with Crippen molar-refractivity contribution >= 4 is 0 Å².